The summed E-state index contributed by atoms with van der Waals surface area (Å²) in [5, 5.41) is 17.8. The molecule has 204 valence electrons. The molecule has 7 nitrogen and oxygen atoms in total. The molecule has 1 saturated heterocycles. The molecule has 0 bridgehead atoms. The summed E-state index contributed by atoms with van der Waals surface area (Å²) in [5.74, 6) is -0.323. The number of hydrogen-bond donors (Lipinski definition) is 4. The zero-order chi connectivity index (χ0) is 27.5. The number of nitrogens with zero attached hydrogens (tertiary/aromatic N) is 2. The van der Waals surface area contributed by atoms with E-state index in [1.165, 1.54) is 5.06 Å². The molecule has 2 amide bonds. The number of hydroxylamine groups is 2. The van der Waals surface area contributed by atoms with Gasteiger partial charge in [-0.1, -0.05) is 26.7 Å². The SMILES string of the molecule is CCC(C)(CC)N(S)C(C)(C)CC(C)NC(=O)c1ccc(C(=O)NC2CC(C)N(O)C(C)(C)C2)cc1. The molecule has 1 aromatic rings. The number of benzene rings is 1. The summed E-state index contributed by atoms with van der Waals surface area (Å²) >= 11 is 4.85. The van der Waals surface area contributed by atoms with Crippen molar-refractivity contribution in [3.63, 3.8) is 0 Å². The zero-order valence-electron chi connectivity index (χ0n) is 23.7. The standard InChI is InChI=1S/C28H48N4O3S/c1-10-28(9,11-2)32(36)27(7,8)17-19(3)29-24(33)21-12-14-22(15-13-21)25(34)30-23-16-20(4)31(35)26(5,6)18-23/h12-15,19-20,23,35-36H,10-11,16-18H2,1-9H3,(H,29,33)(H,30,34). The average molecular weight is 521 g/mol. The van der Waals surface area contributed by atoms with E-state index in [1.54, 1.807) is 24.3 Å². The van der Waals surface area contributed by atoms with Crippen LogP contribution in [0.5, 0.6) is 0 Å². The van der Waals surface area contributed by atoms with Crippen LogP contribution in [0.3, 0.4) is 0 Å². The van der Waals surface area contributed by atoms with Crippen LogP contribution >= 0.6 is 12.8 Å². The van der Waals surface area contributed by atoms with Gasteiger partial charge in [0.15, 0.2) is 0 Å². The van der Waals surface area contributed by atoms with E-state index in [4.69, 9.17) is 12.8 Å². The van der Waals surface area contributed by atoms with E-state index in [9.17, 15) is 14.8 Å². The second-order valence-electron chi connectivity index (χ2n) is 12.1. The van der Waals surface area contributed by atoms with E-state index in [-0.39, 0.29) is 41.0 Å². The third-order valence-corrected chi connectivity index (χ3v) is 8.97. The van der Waals surface area contributed by atoms with Gasteiger partial charge in [-0.3, -0.25) is 9.59 Å². The molecule has 0 saturated carbocycles. The molecule has 0 aliphatic carbocycles. The van der Waals surface area contributed by atoms with Crippen molar-refractivity contribution in [1.29, 1.82) is 0 Å². The Hall–Kier alpha value is -1.61. The number of piperidine rings is 1. The average Bonchev–Trinajstić information content (AvgIpc) is 2.80. The molecule has 0 aromatic heterocycles. The summed E-state index contributed by atoms with van der Waals surface area (Å²) in [6.45, 7) is 18.8. The van der Waals surface area contributed by atoms with Gasteiger partial charge < -0.3 is 15.8 Å². The molecule has 3 unspecified atom stereocenters. The molecule has 1 fully saturated rings. The number of amides is 2. The lowest BCUT2D eigenvalue weighted by atomic mass is 9.85. The van der Waals surface area contributed by atoms with Crippen molar-refractivity contribution in [2.24, 2.45) is 0 Å². The van der Waals surface area contributed by atoms with E-state index in [1.807, 2.05) is 27.7 Å². The van der Waals surface area contributed by atoms with Crippen molar-refractivity contribution >= 4 is 24.6 Å². The first-order chi connectivity index (χ1) is 16.6. The van der Waals surface area contributed by atoms with Crippen molar-refractivity contribution in [3.8, 4) is 0 Å². The minimum absolute atomic E-state index is 0.0182. The van der Waals surface area contributed by atoms with Gasteiger partial charge in [0.05, 0.1) is 0 Å². The highest BCUT2D eigenvalue weighted by atomic mass is 32.1. The van der Waals surface area contributed by atoms with E-state index in [0.717, 1.165) is 19.3 Å². The van der Waals surface area contributed by atoms with Gasteiger partial charge in [0.25, 0.3) is 11.8 Å². The van der Waals surface area contributed by atoms with Gasteiger partial charge in [-0.2, -0.15) is 5.06 Å². The molecule has 2 rings (SSSR count). The Kier molecular flexibility index (Phi) is 10.1. The van der Waals surface area contributed by atoms with Crippen LogP contribution in [0.1, 0.15) is 115 Å². The highest BCUT2D eigenvalue weighted by molar-refractivity contribution is 7.77. The summed E-state index contributed by atoms with van der Waals surface area (Å²) in [7, 11) is 0. The minimum atomic E-state index is -0.404. The highest BCUT2D eigenvalue weighted by Gasteiger charge is 2.39. The predicted octanol–water partition coefficient (Wildman–Crippen LogP) is 5.45. The lowest BCUT2D eigenvalue weighted by Crippen LogP contribution is -2.57. The van der Waals surface area contributed by atoms with Crippen LogP contribution in [0.2, 0.25) is 0 Å². The maximum Gasteiger partial charge on any atom is 0.251 e. The van der Waals surface area contributed by atoms with Gasteiger partial charge in [-0.25, -0.2) is 4.31 Å². The fourth-order valence-electron chi connectivity index (χ4n) is 5.51. The molecule has 1 aromatic carbocycles. The summed E-state index contributed by atoms with van der Waals surface area (Å²) in [6.07, 6.45) is 4.08. The Bertz CT molecular complexity index is 899. The first kappa shape index (κ1) is 30.6. The molecular formula is C28H48N4O3S. The Morgan fingerprint density at radius 1 is 1.14 bits per heavy atom. The Labute approximate surface area is 223 Å². The Balaban J connectivity index is 1.97. The largest absolute Gasteiger partial charge is 0.350 e. The van der Waals surface area contributed by atoms with Crippen LogP contribution < -0.4 is 10.6 Å². The minimum Gasteiger partial charge on any atom is -0.350 e. The van der Waals surface area contributed by atoms with Crippen molar-refractivity contribution < 1.29 is 14.8 Å². The number of hydrogen-bond acceptors (Lipinski definition) is 6. The third-order valence-electron chi connectivity index (χ3n) is 7.95. The summed E-state index contributed by atoms with van der Waals surface area (Å²) in [6, 6.07) is 6.67. The summed E-state index contributed by atoms with van der Waals surface area (Å²) < 4.78 is 2.14. The van der Waals surface area contributed by atoms with Crippen molar-refractivity contribution in [2.45, 2.75) is 129 Å². The molecule has 3 atom stereocenters. The first-order valence-corrected chi connectivity index (χ1v) is 13.7. The van der Waals surface area contributed by atoms with Crippen LogP contribution in [-0.4, -0.2) is 61.1 Å². The predicted molar refractivity (Wildman–Crippen MR) is 150 cm³/mol. The highest BCUT2D eigenvalue weighted by Crippen LogP contribution is 2.35. The smallest absolute Gasteiger partial charge is 0.251 e. The van der Waals surface area contributed by atoms with Crippen molar-refractivity contribution in [2.75, 3.05) is 0 Å². The molecule has 8 heteroatoms. The number of nitrogens with one attached hydrogen (secondary N) is 2. The zero-order valence-corrected chi connectivity index (χ0v) is 24.6. The maximum absolute atomic E-state index is 12.9. The normalized spacial score (nSPS) is 21.8. The Morgan fingerprint density at radius 2 is 1.64 bits per heavy atom. The van der Waals surface area contributed by atoms with Gasteiger partial charge in [0, 0.05) is 45.9 Å². The van der Waals surface area contributed by atoms with Gasteiger partial charge in [-0.15, -0.1) is 0 Å². The van der Waals surface area contributed by atoms with Crippen LogP contribution in [0.15, 0.2) is 24.3 Å². The monoisotopic (exact) mass is 520 g/mol. The summed E-state index contributed by atoms with van der Waals surface area (Å²) in [4.78, 5) is 25.7. The van der Waals surface area contributed by atoms with Crippen LogP contribution in [0.25, 0.3) is 0 Å². The molecule has 3 N–H and O–H groups in total. The number of carbonyl (C=O) groups excluding carboxylic acids is 2. The second kappa shape index (κ2) is 11.8. The molecule has 0 radical (unpaired) electrons. The second-order valence-corrected chi connectivity index (χ2v) is 12.5. The van der Waals surface area contributed by atoms with E-state index in [2.05, 4.69) is 49.6 Å². The quantitative estimate of drug-likeness (QED) is 0.308. The van der Waals surface area contributed by atoms with Gasteiger partial charge in [-0.05, 0) is 105 Å². The molecule has 36 heavy (non-hydrogen) atoms. The van der Waals surface area contributed by atoms with Gasteiger partial charge in [0.1, 0.15) is 0 Å². The lowest BCUT2D eigenvalue weighted by molar-refractivity contribution is -0.210. The van der Waals surface area contributed by atoms with Crippen molar-refractivity contribution in [1.82, 2.24) is 20.0 Å². The molecule has 1 aliphatic rings. The number of thiol groups is 1. The molecule has 1 heterocycles. The number of rotatable bonds is 10. The molecule has 0 spiro atoms. The lowest BCUT2D eigenvalue weighted by Gasteiger charge is -2.47. The maximum atomic E-state index is 12.9. The van der Waals surface area contributed by atoms with Crippen molar-refractivity contribution in [3.05, 3.63) is 35.4 Å². The van der Waals surface area contributed by atoms with Crippen LogP contribution in [-0.2, 0) is 0 Å². The first-order valence-electron chi connectivity index (χ1n) is 13.3. The van der Waals surface area contributed by atoms with E-state index >= 15 is 0 Å². The van der Waals surface area contributed by atoms with E-state index in [0.29, 0.717) is 24.0 Å². The van der Waals surface area contributed by atoms with Crippen LogP contribution in [0, 0.1) is 0 Å². The van der Waals surface area contributed by atoms with E-state index < -0.39 is 5.54 Å². The fraction of sp³-hybridized carbons (Fsp3) is 0.714. The van der Waals surface area contributed by atoms with Crippen LogP contribution in [0.4, 0.5) is 0 Å². The topological polar surface area (TPSA) is 84.9 Å². The van der Waals surface area contributed by atoms with Gasteiger partial charge in [0.2, 0.25) is 0 Å². The summed E-state index contributed by atoms with van der Waals surface area (Å²) in [5.41, 5.74) is 0.404. The van der Waals surface area contributed by atoms with Gasteiger partial charge >= 0.3 is 0 Å². The molecular weight excluding hydrogens is 472 g/mol. The fourth-order valence-corrected chi connectivity index (χ4v) is 5.88. The third kappa shape index (κ3) is 7.24. The molecule has 1 aliphatic heterocycles. The Morgan fingerprint density at radius 3 is 2.11 bits per heavy atom. The number of carbonyl (C=O) groups is 2.